The first kappa shape index (κ1) is 38.5. The molecular weight excluding hydrogens is 462 g/mol. The van der Waals surface area contributed by atoms with Crippen LogP contribution >= 0.6 is 0 Å². The van der Waals surface area contributed by atoms with Gasteiger partial charge < -0.3 is 29.0 Å². The molecule has 36 heavy (non-hydrogen) atoms. The molecule has 1 N–H and O–H groups in total. The smallest absolute Gasteiger partial charge is 0.338 e. The zero-order valence-electron chi connectivity index (χ0n) is 24.5. The number of benzene rings is 1. The van der Waals surface area contributed by atoms with Crippen LogP contribution in [0.4, 0.5) is 0 Å². The fraction of sp³-hybridized carbons (Fsp3) is 0.714. The minimum atomic E-state index is -0.292. The summed E-state index contributed by atoms with van der Waals surface area (Å²) < 4.78 is 23.9. The molecule has 0 unspecified atom stereocenters. The molecule has 0 saturated heterocycles. The number of aryl methyl sites for hydroxylation is 1. The number of methoxy groups -OCH3 is 3. The number of nitrogens with one attached hydrogen (secondary N) is 1. The Bertz CT molecular complexity index is 626. The fourth-order valence-electron chi connectivity index (χ4n) is 1.90. The van der Waals surface area contributed by atoms with E-state index in [1.807, 2.05) is 32.2 Å². The Morgan fingerprint density at radius 3 is 1.72 bits per heavy atom. The molecule has 0 aromatic heterocycles. The van der Waals surface area contributed by atoms with Crippen LogP contribution in [-0.2, 0) is 28.5 Å². The number of unbranched alkanes of at least 4 members (excludes halogenated alkanes) is 1. The maximum Gasteiger partial charge on any atom is 0.338 e. The predicted molar refractivity (Wildman–Crippen MR) is 147 cm³/mol. The van der Waals surface area contributed by atoms with Gasteiger partial charge in [-0.2, -0.15) is 0 Å². The second-order valence-corrected chi connectivity index (χ2v) is 8.34. The molecule has 0 fully saturated rings. The maximum atomic E-state index is 11.5. The lowest BCUT2D eigenvalue weighted by molar-refractivity contribution is -0.144. The summed E-state index contributed by atoms with van der Waals surface area (Å²) in [6, 6.07) is 7.35. The van der Waals surface area contributed by atoms with Crippen LogP contribution in [0.15, 0.2) is 24.3 Å². The highest BCUT2D eigenvalue weighted by atomic mass is 16.6. The topological polar surface area (TPSA) is 92.3 Å². The van der Waals surface area contributed by atoms with E-state index >= 15 is 0 Å². The molecule has 0 saturated carbocycles. The number of carbonyl (C=O) groups excluding carboxylic acids is 2. The van der Waals surface area contributed by atoms with Crippen LogP contribution in [0.1, 0.15) is 76.2 Å². The Kier molecular flexibility index (Phi) is 29.5. The zero-order chi connectivity index (χ0) is 28.2. The summed E-state index contributed by atoms with van der Waals surface area (Å²) in [5, 5.41) is 3.19. The molecule has 1 aromatic rings. The Labute approximate surface area is 220 Å². The Morgan fingerprint density at radius 1 is 0.833 bits per heavy atom. The van der Waals surface area contributed by atoms with E-state index < -0.39 is 0 Å². The molecule has 0 radical (unpaired) electrons. The Morgan fingerprint density at radius 2 is 1.36 bits per heavy atom. The number of ether oxygens (including phenoxy) is 5. The van der Waals surface area contributed by atoms with Gasteiger partial charge in [-0.25, -0.2) is 4.79 Å². The molecule has 1 aromatic carbocycles. The van der Waals surface area contributed by atoms with Crippen molar-refractivity contribution in [1.82, 2.24) is 5.32 Å². The first-order chi connectivity index (χ1) is 17.1. The SMILES string of the molecule is CCC(=O)OCCOC.CCC(C)(C)NC.CCCCOC.COCCOC(=O)c1ccccc1C. The number of hydrogen-bond acceptors (Lipinski definition) is 8. The van der Waals surface area contributed by atoms with Gasteiger partial charge in [-0.3, -0.25) is 4.79 Å². The number of carbonyl (C=O) groups is 2. The first-order valence-electron chi connectivity index (χ1n) is 12.6. The molecule has 1 rings (SSSR count). The van der Waals surface area contributed by atoms with Crippen molar-refractivity contribution in [1.29, 1.82) is 0 Å². The van der Waals surface area contributed by atoms with E-state index in [9.17, 15) is 9.59 Å². The highest BCUT2D eigenvalue weighted by Gasteiger charge is 2.09. The van der Waals surface area contributed by atoms with Crippen molar-refractivity contribution < 1.29 is 33.3 Å². The van der Waals surface area contributed by atoms with Gasteiger partial charge >= 0.3 is 11.9 Å². The minimum Gasteiger partial charge on any atom is -0.463 e. The van der Waals surface area contributed by atoms with E-state index in [0.717, 1.165) is 12.2 Å². The van der Waals surface area contributed by atoms with Gasteiger partial charge in [0.2, 0.25) is 0 Å². The predicted octanol–water partition coefficient (Wildman–Crippen LogP) is 5.21. The lowest BCUT2D eigenvalue weighted by Gasteiger charge is -2.20. The molecule has 212 valence electrons. The van der Waals surface area contributed by atoms with Gasteiger partial charge in [0.05, 0.1) is 18.8 Å². The van der Waals surface area contributed by atoms with Crippen molar-refractivity contribution in [2.24, 2.45) is 0 Å². The molecule has 8 heteroatoms. The van der Waals surface area contributed by atoms with Gasteiger partial charge in [0.25, 0.3) is 0 Å². The summed E-state index contributed by atoms with van der Waals surface area (Å²) in [5.41, 5.74) is 1.87. The van der Waals surface area contributed by atoms with E-state index in [-0.39, 0.29) is 11.9 Å². The lowest BCUT2D eigenvalue weighted by Crippen LogP contribution is -2.34. The summed E-state index contributed by atoms with van der Waals surface area (Å²) in [6.07, 6.45) is 4.04. The molecular formula is C28H53NO7. The first-order valence-corrected chi connectivity index (χ1v) is 12.6. The van der Waals surface area contributed by atoms with Gasteiger partial charge in [-0.05, 0) is 52.3 Å². The summed E-state index contributed by atoms with van der Waals surface area (Å²) in [7, 11) is 6.86. The lowest BCUT2D eigenvalue weighted by atomic mass is 10.0. The second kappa shape index (κ2) is 27.6. The molecule has 0 spiro atoms. The Balaban J connectivity index is -0.000000431. The van der Waals surface area contributed by atoms with E-state index in [1.54, 1.807) is 34.3 Å². The van der Waals surface area contributed by atoms with Crippen LogP contribution in [0, 0.1) is 6.92 Å². The number of rotatable bonds is 13. The summed E-state index contributed by atoms with van der Waals surface area (Å²) in [5.74, 6) is -0.466. The number of esters is 2. The van der Waals surface area contributed by atoms with Crippen molar-refractivity contribution in [2.75, 3.05) is 61.4 Å². The third-order valence-corrected chi connectivity index (χ3v) is 4.99. The third-order valence-electron chi connectivity index (χ3n) is 4.99. The normalized spacial score (nSPS) is 9.94. The second-order valence-electron chi connectivity index (χ2n) is 8.34. The van der Waals surface area contributed by atoms with Crippen LogP contribution in [0.25, 0.3) is 0 Å². The van der Waals surface area contributed by atoms with Gasteiger partial charge in [0.15, 0.2) is 0 Å². The van der Waals surface area contributed by atoms with Gasteiger partial charge in [0, 0.05) is 39.9 Å². The Hall–Kier alpha value is -2.00. The molecule has 8 nitrogen and oxygen atoms in total. The van der Waals surface area contributed by atoms with E-state index in [4.69, 9.17) is 14.2 Å². The van der Waals surface area contributed by atoms with Crippen molar-refractivity contribution in [3.8, 4) is 0 Å². The molecule has 0 atom stereocenters. The van der Waals surface area contributed by atoms with E-state index in [1.165, 1.54) is 19.3 Å². The third kappa shape index (κ3) is 26.6. The van der Waals surface area contributed by atoms with E-state index in [2.05, 4.69) is 42.5 Å². The maximum absolute atomic E-state index is 11.5. The molecule has 0 aliphatic rings. The van der Waals surface area contributed by atoms with Crippen molar-refractivity contribution >= 4 is 11.9 Å². The van der Waals surface area contributed by atoms with Crippen LogP contribution in [0.3, 0.4) is 0 Å². The largest absolute Gasteiger partial charge is 0.463 e. The molecule has 0 aliphatic carbocycles. The average molecular weight is 516 g/mol. The van der Waals surface area contributed by atoms with Crippen molar-refractivity contribution in [2.45, 2.75) is 72.8 Å². The van der Waals surface area contributed by atoms with Crippen LogP contribution in [0.5, 0.6) is 0 Å². The van der Waals surface area contributed by atoms with Crippen LogP contribution in [-0.4, -0.2) is 78.9 Å². The average Bonchev–Trinajstić information content (AvgIpc) is 2.89. The standard InChI is InChI=1S/C11H14O3.C6H15N.C6H12O3.C5H12O/c1-9-5-3-4-6-10(9)11(12)14-8-7-13-2;1-5-6(2,3)7-4;1-3-6(7)9-5-4-8-2;1-3-4-5-6-2/h3-6H,7-8H2,1-2H3;7H,5H2,1-4H3;3-5H2,1-2H3;3-5H2,1-2H3. The van der Waals surface area contributed by atoms with Crippen molar-refractivity contribution in [3.63, 3.8) is 0 Å². The number of hydrogen-bond donors (Lipinski definition) is 1. The summed E-state index contributed by atoms with van der Waals surface area (Å²) in [6.45, 7) is 14.8. The molecule has 0 bridgehead atoms. The van der Waals surface area contributed by atoms with E-state index in [0.29, 0.717) is 44.0 Å². The minimum absolute atomic E-state index is 0.174. The zero-order valence-corrected chi connectivity index (χ0v) is 24.5. The monoisotopic (exact) mass is 515 g/mol. The summed E-state index contributed by atoms with van der Waals surface area (Å²) in [4.78, 5) is 21.9. The highest BCUT2D eigenvalue weighted by Crippen LogP contribution is 2.08. The molecule has 0 amide bonds. The fourth-order valence-corrected chi connectivity index (χ4v) is 1.90. The van der Waals surface area contributed by atoms with Gasteiger partial charge in [0.1, 0.15) is 13.2 Å². The van der Waals surface area contributed by atoms with Crippen LogP contribution in [0.2, 0.25) is 0 Å². The van der Waals surface area contributed by atoms with Gasteiger partial charge in [-0.15, -0.1) is 0 Å². The van der Waals surface area contributed by atoms with Crippen molar-refractivity contribution in [3.05, 3.63) is 35.4 Å². The molecule has 0 aliphatic heterocycles. The van der Waals surface area contributed by atoms with Gasteiger partial charge in [-0.1, -0.05) is 45.4 Å². The summed E-state index contributed by atoms with van der Waals surface area (Å²) >= 11 is 0. The van der Waals surface area contributed by atoms with Crippen LogP contribution < -0.4 is 5.32 Å². The highest BCUT2D eigenvalue weighted by molar-refractivity contribution is 5.90. The molecule has 0 heterocycles. The quantitative estimate of drug-likeness (QED) is 0.283.